The molecule has 0 aromatic carbocycles. The van der Waals surface area contributed by atoms with Gasteiger partial charge in [0.15, 0.2) is 0 Å². The van der Waals surface area contributed by atoms with Crippen LogP contribution in [-0.2, 0) is 4.79 Å². The Bertz CT molecular complexity index is 552. The first kappa shape index (κ1) is 16.2. The fourth-order valence-electron chi connectivity index (χ4n) is 1.47. The largest absolute Gasteiger partial charge is 0.384 e. The van der Waals surface area contributed by atoms with Crippen molar-refractivity contribution in [2.45, 2.75) is 13.8 Å². The minimum atomic E-state index is -0.667. The maximum absolute atomic E-state index is 12.0. The first-order valence-electron chi connectivity index (χ1n) is 6.09. The molecule has 1 rings (SSSR count). The van der Waals surface area contributed by atoms with Gasteiger partial charge in [-0.3, -0.25) is 9.59 Å². The summed E-state index contributed by atoms with van der Waals surface area (Å²) in [6.07, 6.45) is 0. The first-order chi connectivity index (χ1) is 9.40. The van der Waals surface area contributed by atoms with Gasteiger partial charge in [0, 0.05) is 19.0 Å². The summed E-state index contributed by atoms with van der Waals surface area (Å²) >= 11 is 1.34. The van der Waals surface area contributed by atoms with Gasteiger partial charge in [-0.1, -0.05) is 11.8 Å². The Balaban J connectivity index is 2.63. The van der Waals surface area contributed by atoms with Gasteiger partial charge in [0.05, 0.1) is 15.9 Å². The maximum atomic E-state index is 12.0. The number of aliphatic hydroxyl groups is 1. The van der Waals surface area contributed by atoms with Crippen LogP contribution in [0.2, 0.25) is 0 Å². The topological polar surface area (TPSA) is 78.4 Å². The van der Waals surface area contributed by atoms with Gasteiger partial charge in [-0.05, 0) is 19.9 Å². The molecule has 108 valence electrons. The van der Waals surface area contributed by atoms with E-state index in [0.717, 1.165) is 4.88 Å². The summed E-state index contributed by atoms with van der Waals surface area (Å²) in [5.41, 5.74) is -0.162. The van der Waals surface area contributed by atoms with Gasteiger partial charge in [0.1, 0.15) is 6.61 Å². The van der Waals surface area contributed by atoms with E-state index >= 15 is 0 Å². The Morgan fingerprint density at radius 2 is 2.15 bits per heavy atom. The quantitative estimate of drug-likeness (QED) is 0.711. The molecule has 0 saturated carbocycles. The van der Waals surface area contributed by atoms with Gasteiger partial charge in [0.2, 0.25) is 5.91 Å². The molecule has 0 aliphatic rings. The second-order valence-corrected chi connectivity index (χ2v) is 5.72. The van der Waals surface area contributed by atoms with Crippen molar-refractivity contribution in [1.82, 2.24) is 10.6 Å². The molecule has 3 N–H and O–H groups in total. The summed E-state index contributed by atoms with van der Waals surface area (Å²) in [4.78, 5) is 24.3. The SMILES string of the molecule is CNC(=O)C(C)(C)CNC(=O)c1csc(C#CCO)c1. The smallest absolute Gasteiger partial charge is 0.252 e. The predicted octanol–water partition coefficient (Wildman–Crippen LogP) is 0.594. The van der Waals surface area contributed by atoms with E-state index in [1.54, 1.807) is 32.3 Å². The van der Waals surface area contributed by atoms with Gasteiger partial charge in [-0.15, -0.1) is 11.3 Å². The fraction of sp³-hybridized carbons (Fsp3) is 0.429. The minimum absolute atomic E-state index is 0.127. The van der Waals surface area contributed by atoms with Crippen LogP contribution in [0.1, 0.15) is 29.1 Å². The molecule has 0 bridgehead atoms. The zero-order valence-electron chi connectivity index (χ0n) is 11.7. The molecule has 1 aromatic rings. The van der Waals surface area contributed by atoms with Gasteiger partial charge < -0.3 is 15.7 Å². The average Bonchev–Trinajstić information content (AvgIpc) is 2.90. The molecule has 5 nitrogen and oxygen atoms in total. The summed E-state index contributed by atoms with van der Waals surface area (Å²) in [7, 11) is 1.57. The van der Waals surface area contributed by atoms with Crippen molar-refractivity contribution in [2.75, 3.05) is 20.2 Å². The van der Waals surface area contributed by atoms with Crippen LogP contribution in [-0.4, -0.2) is 37.1 Å². The molecule has 0 aliphatic heterocycles. The molecule has 0 atom stereocenters. The number of rotatable bonds is 4. The number of carbonyl (C=O) groups is 2. The standard InChI is InChI=1S/C14H18N2O3S/c1-14(2,13(19)15-3)9-16-12(18)10-7-11(20-8-10)5-4-6-17/h7-8,17H,6,9H2,1-3H3,(H,15,19)(H,16,18). The lowest BCUT2D eigenvalue weighted by Crippen LogP contribution is -2.43. The van der Waals surface area contributed by atoms with Crippen molar-refractivity contribution in [3.05, 3.63) is 21.9 Å². The molecule has 0 unspecified atom stereocenters. The summed E-state index contributed by atoms with van der Waals surface area (Å²) in [5.74, 6) is 4.90. The number of aliphatic hydroxyl groups excluding tert-OH is 1. The Morgan fingerprint density at radius 1 is 1.45 bits per heavy atom. The lowest BCUT2D eigenvalue weighted by atomic mass is 9.92. The molecule has 0 radical (unpaired) electrons. The fourth-order valence-corrected chi connectivity index (χ4v) is 2.22. The van der Waals surface area contributed by atoms with E-state index in [2.05, 4.69) is 22.5 Å². The van der Waals surface area contributed by atoms with Crippen LogP contribution in [0, 0.1) is 17.3 Å². The zero-order valence-corrected chi connectivity index (χ0v) is 12.6. The molecule has 0 fully saturated rings. The van der Waals surface area contributed by atoms with E-state index in [4.69, 9.17) is 5.11 Å². The summed E-state index contributed by atoms with van der Waals surface area (Å²) in [6.45, 7) is 3.56. The zero-order chi connectivity index (χ0) is 15.2. The van der Waals surface area contributed by atoms with E-state index in [9.17, 15) is 9.59 Å². The predicted molar refractivity (Wildman–Crippen MR) is 78.5 cm³/mol. The minimum Gasteiger partial charge on any atom is -0.384 e. The van der Waals surface area contributed by atoms with Crippen molar-refractivity contribution in [3.8, 4) is 11.8 Å². The number of hydrogen-bond acceptors (Lipinski definition) is 4. The Kier molecular flexibility index (Phi) is 5.74. The van der Waals surface area contributed by atoms with Crippen molar-refractivity contribution >= 4 is 23.2 Å². The summed E-state index contributed by atoms with van der Waals surface area (Å²) < 4.78 is 0. The summed E-state index contributed by atoms with van der Waals surface area (Å²) in [5, 5.41) is 15.6. The number of thiophene rings is 1. The molecular formula is C14H18N2O3S. The lowest BCUT2D eigenvalue weighted by molar-refractivity contribution is -0.128. The molecule has 6 heteroatoms. The summed E-state index contributed by atoms with van der Waals surface area (Å²) in [6, 6.07) is 1.66. The highest BCUT2D eigenvalue weighted by molar-refractivity contribution is 7.10. The number of carbonyl (C=O) groups excluding carboxylic acids is 2. The third-order valence-corrected chi connectivity index (χ3v) is 3.53. The van der Waals surface area contributed by atoms with Gasteiger partial charge in [-0.25, -0.2) is 0 Å². The Hall–Kier alpha value is -1.84. The van der Waals surface area contributed by atoms with Crippen LogP contribution in [0.5, 0.6) is 0 Å². The number of nitrogens with one attached hydrogen (secondary N) is 2. The van der Waals surface area contributed by atoms with Crippen LogP contribution in [0.15, 0.2) is 11.4 Å². The third-order valence-electron chi connectivity index (χ3n) is 2.68. The van der Waals surface area contributed by atoms with Crippen LogP contribution >= 0.6 is 11.3 Å². The van der Waals surface area contributed by atoms with Crippen molar-refractivity contribution in [3.63, 3.8) is 0 Å². The van der Waals surface area contributed by atoms with E-state index in [-0.39, 0.29) is 25.0 Å². The van der Waals surface area contributed by atoms with E-state index in [1.165, 1.54) is 11.3 Å². The normalized spacial score (nSPS) is 10.4. The molecule has 1 heterocycles. The lowest BCUT2D eigenvalue weighted by Gasteiger charge is -2.22. The van der Waals surface area contributed by atoms with Gasteiger partial charge in [-0.2, -0.15) is 0 Å². The average molecular weight is 294 g/mol. The van der Waals surface area contributed by atoms with E-state index in [1.807, 2.05) is 0 Å². The molecule has 0 saturated heterocycles. The molecule has 0 spiro atoms. The second-order valence-electron chi connectivity index (χ2n) is 4.81. The first-order valence-corrected chi connectivity index (χ1v) is 6.97. The second kappa shape index (κ2) is 7.08. The Labute approximate surface area is 122 Å². The molecule has 1 aromatic heterocycles. The van der Waals surface area contributed by atoms with Crippen molar-refractivity contribution in [1.29, 1.82) is 0 Å². The van der Waals surface area contributed by atoms with Crippen molar-refractivity contribution < 1.29 is 14.7 Å². The van der Waals surface area contributed by atoms with Gasteiger partial charge >= 0.3 is 0 Å². The monoisotopic (exact) mass is 294 g/mol. The van der Waals surface area contributed by atoms with E-state index in [0.29, 0.717) is 5.56 Å². The van der Waals surface area contributed by atoms with E-state index < -0.39 is 5.41 Å². The maximum Gasteiger partial charge on any atom is 0.252 e. The van der Waals surface area contributed by atoms with Crippen LogP contribution in [0.25, 0.3) is 0 Å². The third kappa shape index (κ3) is 4.37. The van der Waals surface area contributed by atoms with Crippen molar-refractivity contribution in [2.24, 2.45) is 5.41 Å². The molecule has 0 aliphatic carbocycles. The van der Waals surface area contributed by atoms with Crippen LogP contribution in [0.3, 0.4) is 0 Å². The highest BCUT2D eigenvalue weighted by Gasteiger charge is 2.27. The molecule has 20 heavy (non-hydrogen) atoms. The number of amides is 2. The molecule has 2 amide bonds. The highest BCUT2D eigenvalue weighted by atomic mass is 32.1. The molecular weight excluding hydrogens is 276 g/mol. The Morgan fingerprint density at radius 3 is 2.75 bits per heavy atom. The highest BCUT2D eigenvalue weighted by Crippen LogP contribution is 2.16. The van der Waals surface area contributed by atoms with Crippen LogP contribution < -0.4 is 10.6 Å². The van der Waals surface area contributed by atoms with Gasteiger partial charge in [0.25, 0.3) is 5.91 Å². The number of hydrogen-bond donors (Lipinski definition) is 3. The van der Waals surface area contributed by atoms with Crippen LogP contribution in [0.4, 0.5) is 0 Å².